The van der Waals surface area contributed by atoms with Crippen molar-refractivity contribution in [2.45, 2.75) is 53.0 Å². The number of benzene rings is 2. The van der Waals surface area contributed by atoms with Crippen molar-refractivity contribution in [3.8, 4) is 22.5 Å². The molecule has 8 nitrogen and oxygen atoms in total. The van der Waals surface area contributed by atoms with E-state index in [4.69, 9.17) is 11.6 Å². The summed E-state index contributed by atoms with van der Waals surface area (Å²) in [6, 6.07) is 15.8. The molecule has 0 fully saturated rings. The second kappa shape index (κ2) is 10.8. The highest BCUT2D eigenvalue weighted by atomic mass is 35.5. The molecule has 35 heavy (non-hydrogen) atoms. The lowest BCUT2D eigenvalue weighted by Crippen LogP contribution is -2.29. The van der Waals surface area contributed by atoms with E-state index in [1.165, 1.54) is 0 Å². The van der Waals surface area contributed by atoms with Crippen LogP contribution in [0, 0.1) is 5.92 Å². The highest BCUT2D eigenvalue weighted by Gasteiger charge is 2.22. The van der Waals surface area contributed by atoms with Gasteiger partial charge in [0, 0.05) is 12.0 Å². The molecule has 0 aliphatic carbocycles. The first-order chi connectivity index (χ1) is 16.9. The molecule has 0 saturated carbocycles. The van der Waals surface area contributed by atoms with Gasteiger partial charge in [-0.1, -0.05) is 80.9 Å². The van der Waals surface area contributed by atoms with E-state index in [-0.39, 0.29) is 23.2 Å². The van der Waals surface area contributed by atoms with Crippen LogP contribution >= 0.6 is 11.6 Å². The highest BCUT2D eigenvalue weighted by molar-refractivity contribution is 6.31. The predicted molar refractivity (Wildman–Crippen MR) is 137 cm³/mol. The van der Waals surface area contributed by atoms with Crippen LogP contribution in [0.2, 0.25) is 5.15 Å². The van der Waals surface area contributed by atoms with E-state index in [0.717, 1.165) is 33.2 Å². The van der Waals surface area contributed by atoms with Crippen LogP contribution in [0.1, 0.15) is 56.1 Å². The lowest BCUT2D eigenvalue weighted by Gasteiger charge is -2.11. The third kappa shape index (κ3) is 5.27. The molecule has 0 atom stereocenters. The molecule has 0 aliphatic rings. The zero-order chi connectivity index (χ0) is 24.9. The maximum Gasteiger partial charge on any atom is 0.336 e. The topological polar surface area (TPSA) is 98.5 Å². The molecule has 2 aromatic carbocycles. The molecule has 182 valence electrons. The van der Waals surface area contributed by atoms with Gasteiger partial charge in [0.25, 0.3) is 0 Å². The van der Waals surface area contributed by atoms with Gasteiger partial charge in [0.2, 0.25) is 11.7 Å². The summed E-state index contributed by atoms with van der Waals surface area (Å²) < 4.78 is 2.77. The number of imidazole rings is 1. The second-order valence-electron chi connectivity index (χ2n) is 9.00. The number of nitrogens with zero attached hydrogens (tertiary/aromatic N) is 5. The van der Waals surface area contributed by atoms with Gasteiger partial charge in [-0.05, 0) is 47.1 Å². The van der Waals surface area contributed by atoms with Gasteiger partial charge < -0.3 is 0 Å². The van der Waals surface area contributed by atoms with E-state index in [9.17, 15) is 9.59 Å². The van der Waals surface area contributed by atoms with E-state index in [0.29, 0.717) is 36.8 Å². The maximum atomic E-state index is 13.2. The summed E-state index contributed by atoms with van der Waals surface area (Å²) in [7, 11) is 0. The van der Waals surface area contributed by atoms with Crippen LogP contribution in [0.4, 0.5) is 0 Å². The molecule has 0 saturated heterocycles. The third-order valence-electron chi connectivity index (χ3n) is 5.97. The number of tetrazole rings is 1. The summed E-state index contributed by atoms with van der Waals surface area (Å²) >= 11 is 6.59. The van der Waals surface area contributed by atoms with Gasteiger partial charge in [0.15, 0.2) is 0 Å². The Kier molecular flexibility index (Phi) is 7.60. The molecule has 4 rings (SSSR count). The number of carbonyl (C=O) groups excluding carboxylic acids is 1. The molecule has 2 heterocycles. The van der Waals surface area contributed by atoms with Crippen molar-refractivity contribution in [2.75, 3.05) is 0 Å². The van der Waals surface area contributed by atoms with Crippen LogP contribution in [0.25, 0.3) is 22.5 Å². The number of hydrogen-bond acceptors (Lipinski definition) is 5. The van der Waals surface area contributed by atoms with Crippen LogP contribution in [0.3, 0.4) is 0 Å². The molecule has 0 radical (unpaired) electrons. The Hall–Kier alpha value is -3.52. The largest absolute Gasteiger partial charge is 0.336 e. The molecule has 4 aromatic rings. The van der Waals surface area contributed by atoms with Crippen molar-refractivity contribution in [3.05, 3.63) is 75.4 Å². The molecule has 2 aromatic heterocycles. The summed E-state index contributed by atoms with van der Waals surface area (Å²) in [6.07, 6.45) is 2.44. The van der Waals surface area contributed by atoms with Gasteiger partial charge in [-0.2, -0.15) is 5.21 Å². The van der Waals surface area contributed by atoms with E-state index >= 15 is 0 Å². The average Bonchev–Trinajstić information content (AvgIpc) is 3.46. The number of aromatic nitrogens is 6. The Morgan fingerprint density at radius 2 is 1.80 bits per heavy atom. The van der Waals surface area contributed by atoms with Crippen molar-refractivity contribution < 1.29 is 4.79 Å². The first kappa shape index (κ1) is 24.6. The number of aromatic amines is 1. The SMILES string of the molecule is CCCC(=O)n1c(Cl)c(CCC(C)C)n(Cc2ccc(-c3ccccc3-c3nn[nH]n3)cc2)c1=O. The van der Waals surface area contributed by atoms with Crippen molar-refractivity contribution >= 4 is 17.5 Å². The molecule has 0 aliphatic heterocycles. The minimum atomic E-state index is -0.376. The monoisotopic (exact) mass is 492 g/mol. The fraction of sp³-hybridized carbons (Fsp3) is 0.346. The number of carbonyl (C=O) groups is 1. The Bertz CT molecular complexity index is 1350. The molecule has 0 bridgehead atoms. The van der Waals surface area contributed by atoms with Gasteiger partial charge in [-0.3, -0.25) is 9.36 Å². The first-order valence-electron chi connectivity index (χ1n) is 11.9. The van der Waals surface area contributed by atoms with Crippen LogP contribution in [-0.4, -0.2) is 35.7 Å². The zero-order valence-corrected chi connectivity index (χ0v) is 20.9. The van der Waals surface area contributed by atoms with Crippen molar-refractivity contribution in [3.63, 3.8) is 0 Å². The Morgan fingerprint density at radius 3 is 2.43 bits per heavy atom. The maximum absolute atomic E-state index is 13.2. The molecular formula is C26H29ClN6O2. The molecule has 0 unspecified atom stereocenters. The minimum absolute atomic E-state index is 0.236. The fourth-order valence-corrected chi connectivity index (χ4v) is 4.47. The third-order valence-corrected chi connectivity index (χ3v) is 6.36. The van der Waals surface area contributed by atoms with Crippen molar-refractivity contribution in [1.29, 1.82) is 0 Å². The summed E-state index contributed by atoms with van der Waals surface area (Å²) in [5.74, 6) is 0.710. The second-order valence-corrected chi connectivity index (χ2v) is 9.35. The average molecular weight is 493 g/mol. The van der Waals surface area contributed by atoms with Crippen molar-refractivity contribution in [1.82, 2.24) is 29.8 Å². The number of rotatable bonds is 9. The molecule has 1 N–H and O–H groups in total. The van der Waals surface area contributed by atoms with Crippen LogP contribution in [0.5, 0.6) is 0 Å². The highest BCUT2D eigenvalue weighted by Crippen LogP contribution is 2.30. The van der Waals surface area contributed by atoms with E-state index in [2.05, 4.69) is 34.5 Å². The fourth-order valence-electron chi connectivity index (χ4n) is 4.11. The first-order valence-corrected chi connectivity index (χ1v) is 12.2. The van der Waals surface area contributed by atoms with Gasteiger partial charge in [0.1, 0.15) is 5.15 Å². The van der Waals surface area contributed by atoms with Crippen LogP contribution in [-0.2, 0) is 13.0 Å². The summed E-state index contributed by atoms with van der Waals surface area (Å²) in [5.41, 5.74) is 4.12. The quantitative estimate of drug-likeness (QED) is 0.345. The number of hydrogen-bond donors (Lipinski definition) is 1. The lowest BCUT2D eigenvalue weighted by molar-refractivity contribution is 0.0897. The summed E-state index contributed by atoms with van der Waals surface area (Å²) in [6.45, 7) is 6.50. The predicted octanol–water partition coefficient (Wildman–Crippen LogP) is 5.23. The Morgan fingerprint density at radius 1 is 1.09 bits per heavy atom. The van der Waals surface area contributed by atoms with E-state index < -0.39 is 0 Å². The van der Waals surface area contributed by atoms with Crippen molar-refractivity contribution in [2.24, 2.45) is 5.92 Å². The summed E-state index contributed by atoms with van der Waals surface area (Å²) in [5, 5.41) is 14.6. The number of nitrogens with one attached hydrogen (secondary N) is 1. The van der Waals surface area contributed by atoms with Crippen LogP contribution in [0.15, 0.2) is 53.3 Å². The molecule has 9 heteroatoms. The Labute approximate surface area is 209 Å². The molecule has 0 spiro atoms. The van der Waals surface area contributed by atoms with E-state index in [1.807, 2.05) is 55.5 Å². The molecule has 0 amide bonds. The van der Waals surface area contributed by atoms with E-state index in [1.54, 1.807) is 4.57 Å². The van der Waals surface area contributed by atoms with Crippen LogP contribution < -0.4 is 5.69 Å². The van der Waals surface area contributed by atoms with Gasteiger partial charge >= 0.3 is 5.69 Å². The zero-order valence-electron chi connectivity index (χ0n) is 20.2. The lowest BCUT2D eigenvalue weighted by atomic mass is 9.98. The smallest absolute Gasteiger partial charge is 0.290 e. The normalized spacial score (nSPS) is 11.3. The van der Waals surface area contributed by atoms with Gasteiger partial charge in [-0.15, -0.1) is 10.2 Å². The minimum Gasteiger partial charge on any atom is -0.290 e. The standard InChI is InChI=1S/C26H29ClN6O2/c1-4-7-23(34)33-24(27)22(15-10-17(2)3)32(26(33)35)16-18-11-13-19(14-12-18)20-8-5-6-9-21(20)25-28-30-31-29-25/h5-6,8-9,11-14,17H,4,7,10,15-16H2,1-3H3,(H,28,29,30,31). The Balaban J connectivity index is 1.67. The number of H-pyrrole nitrogens is 1. The van der Waals surface area contributed by atoms with Gasteiger partial charge in [0.05, 0.1) is 12.2 Å². The van der Waals surface area contributed by atoms with Gasteiger partial charge in [-0.25, -0.2) is 9.36 Å². The summed E-state index contributed by atoms with van der Waals surface area (Å²) in [4.78, 5) is 25.9. The molecular weight excluding hydrogens is 464 g/mol. The number of halogens is 1.